The molecule has 0 aliphatic rings. The van der Waals surface area contributed by atoms with Crippen LogP contribution in [0, 0.1) is 0 Å². The molecule has 0 spiro atoms. The van der Waals surface area contributed by atoms with Gasteiger partial charge in [-0.15, -0.1) is 0 Å². The first-order valence-corrected chi connectivity index (χ1v) is 4.94. The van der Waals surface area contributed by atoms with Crippen LogP contribution in [-0.2, 0) is 6.54 Å². The van der Waals surface area contributed by atoms with Gasteiger partial charge in [-0.3, -0.25) is 9.78 Å². The van der Waals surface area contributed by atoms with Crippen LogP contribution in [0.3, 0.4) is 0 Å². The number of hydrogen-bond donors (Lipinski definition) is 1. The second-order valence-corrected chi connectivity index (χ2v) is 3.31. The second-order valence-electron chi connectivity index (χ2n) is 3.31. The second kappa shape index (κ2) is 4.57. The minimum Gasteiger partial charge on any atom is -0.372 e. The summed E-state index contributed by atoms with van der Waals surface area (Å²) in [6.07, 6.45) is 5.03. The van der Waals surface area contributed by atoms with Crippen LogP contribution in [0.1, 0.15) is 5.69 Å². The number of anilines is 1. The zero-order chi connectivity index (χ0) is 11.4. The average molecular weight is 216 g/mol. The van der Waals surface area contributed by atoms with Crippen molar-refractivity contribution in [3.63, 3.8) is 0 Å². The zero-order valence-corrected chi connectivity index (χ0v) is 8.92. The zero-order valence-electron chi connectivity index (χ0n) is 8.92. The van der Waals surface area contributed by atoms with Crippen molar-refractivity contribution in [1.29, 1.82) is 0 Å². The molecule has 0 saturated carbocycles. The maximum absolute atomic E-state index is 11.4. The Balaban J connectivity index is 2.21. The molecule has 5 heteroatoms. The van der Waals surface area contributed by atoms with E-state index in [-0.39, 0.29) is 5.56 Å². The molecule has 0 saturated heterocycles. The highest BCUT2D eigenvalue weighted by Gasteiger charge is 1.99. The van der Waals surface area contributed by atoms with Gasteiger partial charge in [0.25, 0.3) is 5.56 Å². The molecule has 2 aromatic rings. The van der Waals surface area contributed by atoms with E-state index in [1.807, 2.05) is 6.07 Å². The molecule has 2 aromatic heterocycles. The van der Waals surface area contributed by atoms with Gasteiger partial charge in [-0.25, -0.2) is 4.98 Å². The van der Waals surface area contributed by atoms with Crippen LogP contribution in [0.5, 0.6) is 0 Å². The van der Waals surface area contributed by atoms with E-state index >= 15 is 0 Å². The molecule has 5 nitrogen and oxygen atoms in total. The Morgan fingerprint density at radius 3 is 2.81 bits per heavy atom. The van der Waals surface area contributed by atoms with E-state index in [2.05, 4.69) is 15.3 Å². The quantitative estimate of drug-likeness (QED) is 0.821. The number of aromatic nitrogens is 3. The smallest absolute Gasteiger partial charge is 0.250 e. The summed E-state index contributed by atoms with van der Waals surface area (Å²) in [5.41, 5.74) is 0.717. The topological polar surface area (TPSA) is 59.8 Å². The van der Waals surface area contributed by atoms with Crippen LogP contribution in [-0.4, -0.2) is 21.6 Å². The Bertz CT molecular complexity index is 518. The van der Waals surface area contributed by atoms with Crippen molar-refractivity contribution in [2.45, 2.75) is 6.54 Å². The first-order valence-electron chi connectivity index (χ1n) is 4.94. The first kappa shape index (κ1) is 10.4. The molecule has 0 aliphatic heterocycles. The highest BCUT2D eigenvalue weighted by atomic mass is 16.1. The normalized spacial score (nSPS) is 10.1. The van der Waals surface area contributed by atoms with Crippen LogP contribution in [0.15, 0.2) is 41.6 Å². The molecule has 0 amide bonds. The Hall–Kier alpha value is -2.17. The third kappa shape index (κ3) is 2.25. The van der Waals surface area contributed by atoms with Crippen molar-refractivity contribution in [2.75, 3.05) is 12.4 Å². The summed E-state index contributed by atoms with van der Waals surface area (Å²) in [6, 6.07) is 5.06. The van der Waals surface area contributed by atoms with Crippen LogP contribution in [0.4, 0.5) is 5.82 Å². The lowest BCUT2D eigenvalue weighted by Gasteiger charge is -2.04. The van der Waals surface area contributed by atoms with Gasteiger partial charge < -0.3 is 9.88 Å². The van der Waals surface area contributed by atoms with Gasteiger partial charge in [-0.05, 0) is 6.07 Å². The maximum atomic E-state index is 11.4. The molecule has 0 atom stereocenters. The van der Waals surface area contributed by atoms with Crippen LogP contribution >= 0.6 is 0 Å². The standard InChI is InChI=1S/C11H12N4O/c1-12-10-7-13-9(6-14-10)8-15-5-3-2-4-11(15)16/h2-7H,8H2,1H3,(H,12,14). The van der Waals surface area contributed by atoms with Gasteiger partial charge in [0, 0.05) is 19.3 Å². The first-order chi connectivity index (χ1) is 7.79. The summed E-state index contributed by atoms with van der Waals surface area (Å²) in [4.78, 5) is 19.8. The SMILES string of the molecule is CNc1cnc(Cn2ccccc2=O)cn1. The highest BCUT2D eigenvalue weighted by Crippen LogP contribution is 2.00. The summed E-state index contributed by atoms with van der Waals surface area (Å²) in [7, 11) is 1.78. The van der Waals surface area contributed by atoms with Gasteiger partial charge in [0.2, 0.25) is 0 Å². The summed E-state index contributed by atoms with van der Waals surface area (Å²) in [5, 5.41) is 2.89. The number of nitrogens with zero attached hydrogens (tertiary/aromatic N) is 3. The monoisotopic (exact) mass is 216 g/mol. The predicted octanol–water partition coefficient (Wildman–Crippen LogP) is 0.728. The number of nitrogens with one attached hydrogen (secondary N) is 1. The van der Waals surface area contributed by atoms with Gasteiger partial charge in [0.15, 0.2) is 0 Å². The van der Waals surface area contributed by atoms with Gasteiger partial charge in [-0.2, -0.15) is 0 Å². The van der Waals surface area contributed by atoms with Gasteiger partial charge in [-0.1, -0.05) is 6.07 Å². The summed E-state index contributed by atoms with van der Waals surface area (Å²) < 4.78 is 1.59. The molecule has 16 heavy (non-hydrogen) atoms. The number of rotatable bonds is 3. The number of hydrogen-bond acceptors (Lipinski definition) is 4. The molecular formula is C11H12N4O. The third-order valence-corrected chi connectivity index (χ3v) is 2.19. The molecule has 0 unspecified atom stereocenters. The molecule has 2 rings (SSSR count). The molecule has 1 N–H and O–H groups in total. The largest absolute Gasteiger partial charge is 0.372 e. The molecular weight excluding hydrogens is 204 g/mol. The van der Waals surface area contributed by atoms with Gasteiger partial charge in [0.1, 0.15) is 5.82 Å². The van der Waals surface area contributed by atoms with Crippen LogP contribution in [0.2, 0.25) is 0 Å². The Morgan fingerprint density at radius 1 is 1.31 bits per heavy atom. The summed E-state index contributed by atoms with van der Waals surface area (Å²) in [6.45, 7) is 0.441. The lowest BCUT2D eigenvalue weighted by molar-refractivity contribution is 0.735. The molecule has 0 aromatic carbocycles. The summed E-state index contributed by atoms with van der Waals surface area (Å²) in [5.74, 6) is 0.712. The Kier molecular flexibility index (Phi) is 2.95. The molecule has 0 bridgehead atoms. The molecule has 0 radical (unpaired) electrons. The predicted molar refractivity (Wildman–Crippen MR) is 61.4 cm³/mol. The lowest BCUT2D eigenvalue weighted by atomic mass is 10.4. The van der Waals surface area contributed by atoms with Crippen LogP contribution in [0.25, 0.3) is 0 Å². The average Bonchev–Trinajstić information content (AvgIpc) is 2.33. The Morgan fingerprint density at radius 2 is 2.19 bits per heavy atom. The molecule has 0 fully saturated rings. The fraction of sp³-hybridized carbons (Fsp3) is 0.182. The van der Waals surface area contributed by atoms with E-state index in [0.717, 1.165) is 5.69 Å². The third-order valence-electron chi connectivity index (χ3n) is 2.19. The van der Waals surface area contributed by atoms with Crippen molar-refractivity contribution >= 4 is 5.82 Å². The lowest BCUT2D eigenvalue weighted by Crippen LogP contribution is -2.18. The Labute approximate surface area is 92.8 Å². The van der Waals surface area contributed by atoms with Crippen molar-refractivity contribution in [3.8, 4) is 0 Å². The fourth-order valence-corrected chi connectivity index (χ4v) is 1.33. The minimum atomic E-state index is -0.0398. The van der Waals surface area contributed by atoms with E-state index in [9.17, 15) is 4.79 Å². The number of pyridine rings is 1. The molecule has 0 aliphatic carbocycles. The van der Waals surface area contributed by atoms with E-state index in [4.69, 9.17) is 0 Å². The van der Waals surface area contributed by atoms with E-state index in [0.29, 0.717) is 12.4 Å². The maximum Gasteiger partial charge on any atom is 0.250 e. The molecule has 2 heterocycles. The van der Waals surface area contributed by atoms with E-state index in [1.165, 1.54) is 6.07 Å². The van der Waals surface area contributed by atoms with E-state index < -0.39 is 0 Å². The van der Waals surface area contributed by atoms with Crippen molar-refractivity contribution in [3.05, 3.63) is 52.8 Å². The molecule has 82 valence electrons. The van der Waals surface area contributed by atoms with Crippen molar-refractivity contribution < 1.29 is 0 Å². The van der Waals surface area contributed by atoms with E-state index in [1.54, 1.807) is 36.3 Å². The van der Waals surface area contributed by atoms with Crippen molar-refractivity contribution in [2.24, 2.45) is 0 Å². The van der Waals surface area contributed by atoms with Crippen LogP contribution < -0.4 is 10.9 Å². The van der Waals surface area contributed by atoms with Crippen molar-refractivity contribution in [1.82, 2.24) is 14.5 Å². The minimum absolute atomic E-state index is 0.0398. The van der Waals surface area contributed by atoms with Gasteiger partial charge in [0.05, 0.1) is 24.6 Å². The highest BCUT2D eigenvalue weighted by molar-refractivity contribution is 5.29. The fourth-order valence-electron chi connectivity index (χ4n) is 1.33. The van der Waals surface area contributed by atoms with Gasteiger partial charge >= 0.3 is 0 Å². The summed E-state index contributed by atoms with van der Waals surface area (Å²) >= 11 is 0.